The van der Waals surface area contributed by atoms with Crippen LogP contribution in [0.2, 0.25) is 5.02 Å². The number of fused-ring (bicyclic) bond motifs is 3. The van der Waals surface area contributed by atoms with E-state index in [4.69, 9.17) is 16.7 Å². The van der Waals surface area contributed by atoms with E-state index in [0.717, 1.165) is 22.1 Å². The summed E-state index contributed by atoms with van der Waals surface area (Å²) in [6.07, 6.45) is 1.78. The molecule has 5 heteroatoms. The zero-order valence-corrected chi connectivity index (χ0v) is 11.0. The molecular weight excluding hydrogens is 264 g/mol. The number of aliphatic carboxylic acids is 1. The summed E-state index contributed by atoms with van der Waals surface area (Å²) in [7, 11) is 0. The largest absolute Gasteiger partial charge is 0.481 e. The fourth-order valence-corrected chi connectivity index (χ4v) is 2.57. The second-order valence-corrected chi connectivity index (χ2v) is 4.83. The summed E-state index contributed by atoms with van der Waals surface area (Å²) in [5.41, 5.74) is 2.17. The van der Waals surface area contributed by atoms with E-state index in [1.54, 1.807) is 0 Å². The van der Waals surface area contributed by atoms with E-state index < -0.39 is 5.97 Å². The average Bonchev–Trinajstić information content (AvgIpc) is 2.67. The zero-order chi connectivity index (χ0) is 13.6. The lowest BCUT2D eigenvalue weighted by atomic mass is 10.1. The van der Waals surface area contributed by atoms with Crippen molar-refractivity contribution in [2.45, 2.75) is 13.3 Å². The first-order valence-electron chi connectivity index (χ1n) is 5.84. The number of carboxylic acids is 1. The summed E-state index contributed by atoms with van der Waals surface area (Å²) in [6, 6.07) is 7.52. The van der Waals surface area contributed by atoms with Crippen molar-refractivity contribution in [1.82, 2.24) is 9.38 Å². The van der Waals surface area contributed by atoms with Crippen LogP contribution in [0.25, 0.3) is 16.4 Å². The van der Waals surface area contributed by atoms with Crippen molar-refractivity contribution in [3.05, 3.63) is 46.9 Å². The molecule has 2 aromatic heterocycles. The number of hydrogen-bond donors (Lipinski definition) is 1. The number of aromatic nitrogens is 2. The third-order valence-electron chi connectivity index (χ3n) is 3.21. The molecule has 0 aliphatic carbocycles. The van der Waals surface area contributed by atoms with Crippen LogP contribution in [0, 0.1) is 6.92 Å². The maximum Gasteiger partial charge on any atom is 0.309 e. The van der Waals surface area contributed by atoms with Crippen molar-refractivity contribution in [1.29, 1.82) is 0 Å². The Balaban J connectivity index is 2.39. The van der Waals surface area contributed by atoms with Crippen LogP contribution in [0.3, 0.4) is 0 Å². The Hall–Kier alpha value is -2.07. The predicted octanol–water partition coefficient (Wildman–Crippen LogP) is 3.08. The van der Waals surface area contributed by atoms with Gasteiger partial charge in [0.25, 0.3) is 0 Å². The highest BCUT2D eigenvalue weighted by Gasteiger charge is 2.14. The minimum absolute atomic E-state index is 0.0426. The maximum absolute atomic E-state index is 10.9. The minimum atomic E-state index is -0.865. The lowest BCUT2D eigenvalue weighted by Crippen LogP contribution is -2.04. The molecule has 3 aromatic rings. The summed E-state index contributed by atoms with van der Waals surface area (Å²) in [5.74, 6) is -0.865. The van der Waals surface area contributed by atoms with E-state index in [0.29, 0.717) is 10.7 Å². The Morgan fingerprint density at radius 1 is 1.37 bits per heavy atom. The SMILES string of the molecule is Cc1nc2c3cccc(Cl)c3ccn2c1CC(=O)O. The van der Waals surface area contributed by atoms with Crippen molar-refractivity contribution in [3.63, 3.8) is 0 Å². The monoisotopic (exact) mass is 274 g/mol. The van der Waals surface area contributed by atoms with Gasteiger partial charge in [0.2, 0.25) is 0 Å². The summed E-state index contributed by atoms with van der Waals surface area (Å²) in [6.45, 7) is 1.82. The van der Waals surface area contributed by atoms with Crippen LogP contribution in [0.4, 0.5) is 0 Å². The summed E-state index contributed by atoms with van der Waals surface area (Å²) >= 11 is 6.16. The summed E-state index contributed by atoms with van der Waals surface area (Å²) in [5, 5.41) is 11.5. The van der Waals surface area contributed by atoms with E-state index in [9.17, 15) is 4.79 Å². The standard InChI is InChI=1S/C14H11ClN2O2/c1-8-12(7-13(18)19)17-6-5-9-10(14(17)16-8)3-2-4-11(9)15/h2-6H,7H2,1H3,(H,18,19). The Labute approximate surface area is 114 Å². The van der Waals surface area contributed by atoms with Gasteiger partial charge in [-0.05, 0) is 19.1 Å². The van der Waals surface area contributed by atoms with Crippen LogP contribution in [-0.4, -0.2) is 20.5 Å². The molecule has 4 nitrogen and oxygen atoms in total. The van der Waals surface area contributed by atoms with Gasteiger partial charge in [0.05, 0.1) is 17.8 Å². The van der Waals surface area contributed by atoms with Gasteiger partial charge in [-0.3, -0.25) is 4.79 Å². The van der Waals surface area contributed by atoms with Gasteiger partial charge in [0.1, 0.15) is 5.65 Å². The predicted molar refractivity (Wildman–Crippen MR) is 73.8 cm³/mol. The number of carboxylic acid groups (broad SMARTS) is 1. The second kappa shape index (κ2) is 4.24. The first-order valence-corrected chi connectivity index (χ1v) is 6.22. The highest BCUT2D eigenvalue weighted by atomic mass is 35.5. The number of rotatable bonds is 2. The summed E-state index contributed by atoms with van der Waals surface area (Å²) in [4.78, 5) is 15.4. The number of benzene rings is 1. The molecule has 0 spiro atoms. The molecule has 1 aromatic carbocycles. The number of halogens is 1. The lowest BCUT2D eigenvalue weighted by Gasteiger charge is -2.04. The van der Waals surface area contributed by atoms with Gasteiger partial charge >= 0.3 is 5.97 Å². The fourth-order valence-electron chi connectivity index (χ4n) is 2.34. The molecule has 0 aliphatic rings. The number of hydrogen-bond acceptors (Lipinski definition) is 2. The maximum atomic E-state index is 10.9. The normalized spacial score (nSPS) is 11.3. The Bertz CT molecular complexity index is 808. The molecule has 0 amide bonds. The van der Waals surface area contributed by atoms with Crippen LogP contribution >= 0.6 is 11.6 Å². The third kappa shape index (κ3) is 1.85. The molecule has 0 radical (unpaired) electrons. The molecule has 96 valence electrons. The van der Waals surface area contributed by atoms with E-state index in [2.05, 4.69) is 4.98 Å². The minimum Gasteiger partial charge on any atom is -0.481 e. The number of imidazole rings is 1. The highest BCUT2D eigenvalue weighted by Crippen LogP contribution is 2.27. The number of nitrogens with zero attached hydrogens (tertiary/aromatic N) is 2. The molecule has 1 N–H and O–H groups in total. The first kappa shape index (κ1) is 12.0. The number of carbonyl (C=O) groups is 1. The molecule has 0 saturated carbocycles. The van der Waals surface area contributed by atoms with Gasteiger partial charge in [-0.25, -0.2) is 4.98 Å². The fraction of sp³-hybridized carbons (Fsp3) is 0.143. The third-order valence-corrected chi connectivity index (χ3v) is 3.54. The van der Waals surface area contributed by atoms with Crippen LogP contribution in [-0.2, 0) is 11.2 Å². The molecule has 0 bridgehead atoms. The Kier molecular flexibility index (Phi) is 2.68. The van der Waals surface area contributed by atoms with Crippen molar-refractivity contribution >= 4 is 34.0 Å². The van der Waals surface area contributed by atoms with Crippen molar-refractivity contribution < 1.29 is 9.90 Å². The van der Waals surface area contributed by atoms with Crippen LogP contribution < -0.4 is 0 Å². The molecule has 3 rings (SSSR count). The van der Waals surface area contributed by atoms with Gasteiger partial charge in [-0.15, -0.1) is 0 Å². The van der Waals surface area contributed by atoms with Gasteiger partial charge in [0, 0.05) is 22.0 Å². The van der Waals surface area contributed by atoms with Crippen molar-refractivity contribution in [2.24, 2.45) is 0 Å². The first-order chi connectivity index (χ1) is 9.08. The van der Waals surface area contributed by atoms with Crippen molar-refractivity contribution in [3.8, 4) is 0 Å². The quantitative estimate of drug-likeness (QED) is 0.781. The molecule has 0 atom stereocenters. The topological polar surface area (TPSA) is 54.6 Å². The van der Waals surface area contributed by atoms with Gasteiger partial charge in [-0.2, -0.15) is 0 Å². The molecular formula is C14H11ClN2O2. The van der Waals surface area contributed by atoms with Gasteiger partial charge < -0.3 is 9.51 Å². The second-order valence-electron chi connectivity index (χ2n) is 4.42. The molecule has 0 fully saturated rings. The Morgan fingerprint density at radius 3 is 2.89 bits per heavy atom. The average molecular weight is 275 g/mol. The number of aryl methyl sites for hydroxylation is 1. The molecule has 0 aliphatic heterocycles. The molecule has 0 saturated heterocycles. The molecule has 0 unspecified atom stereocenters. The van der Waals surface area contributed by atoms with Crippen LogP contribution in [0.15, 0.2) is 30.5 Å². The molecule has 19 heavy (non-hydrogen) atoms. The van der Waals surface area contributed by atoms with Gasteiger partial charge in [-0.1, -0.05) is 23.7 Å². The van der Waals surface area contributed by atoms with E-state index >= 15 is 0 Å². The molecule has 2 heterocycles. The van der Waals surface area contributed by atoms with E-state index in [-0.39, 0.29) is 6.42 Å². The number of pyridine rings is 1. The smallest absolute Gasteiger partial charge is 0.309 e. The summed E-state index contributed by atoms with van der Waals surface area (Å²) < 4.78 is 1.82. The van der Waals surface area contributed by atoms with E-state index in [1.165, 1.54) is 0 Å². The van der Waals surface area contributed by atoms with Crippen LogP contribution in [0.1, 0.15) is 11.4 Å². The van der Waals surface area contributed by atoms with E-state index in [1.807, 2.05) is 41.8 Å². The van der Waals surface area contributed by atoms with Crippen LogP contribution in [0.5, 0.6) is 0 Å². The highest BCUT2D eigenvalue weighted by molar-refractivity contribution is 6.35. The lowest BCUT2D eigenvalue weighted by molar-refractivity contribution is -0.136. The van der Waals surface area contributed by atoms with Gasteiger partial charge in [0.15, 0.2) is 0 Å². The zero-order valence-electron chi connectivity index (χ0n) is 10.2. The van der Waals surface area contributed by atoms with Crippen molar-refractivity contribution in [2.75, 3.05) is 0 Å². The Morgan fingerprint density at radius 2 is 2.16 bits per heavy atom.